The van der Waals surface area contributed by atoms with E-state index in [1.165, 1.54) is 0 Å². The van der Waals surface area contributed by atoms with Crippen LogP contribution in [0.15, 0.2) is 24.3 Å². The van der Waals surface area contributed by atoms with Gasteiger partial charge in [0.1, 0.15) is 17.9 Å². The van der Waals surface area contributed by atoms with Gasteiger partial charge in [0.05, 0.1) is 6.42 Å². The minimum Gasteiger partial charge on any atom is -0.479 e. The third-order valence-electron chi connectivity index (χ3n) is 2.70. The number of ether oxygens (including phenoxy) is 2. The molecular formula is C16H18N2O3. The van der Waals surface area contributed by atoms with Crippen molar-refractivity contribution in [3.05, 3.63) is 29.8 Å². The zero-order chi connectivity index (χ0) is 15.9. The first-order chi connectivity index (χ1) is 9.86. The van der Waals surface area contributed by atoms with Gasteiger partial charge < -0.3 is 9.47 Å². The van der Waals surface area contributed by atoms with Crippen molar-refractivity contribution in [2.24, 2.45) is 5.41 Å². The van der Waals surface area contributed by atoms with Crippen molar-refractivity contribution in [3.63, 3.8) is 0 Å². The van der Waals surface area contributed by atoms with Gasteiger partial charge in [-0.15, -0.1) is 0 Å². The number of benzene rings is 1. The van der Waals surface area contributed by atoms with Crippen molar-refractivity contribution in [1.29, 1.82) is 10.5 Å². The summed E-state index contributed by atoms with van der Waals surface area (Å²) >= 11 is 0. The van der Waals surface area contributed by atoms with Crippen LogP contribution in [-0.4, -0.2) is 18.7 Å². The third-order valence-corrected chi connectivity index (χ3v) is 2.70. The van der Waals surface area contributed by atoms with Crippen LogP contribution in [0.4, 0.5) is 0 Å². The number of esters is 1. The van der Waals surface area contributed by atoms with E-state index in [0.29, 0.717) is 11.3 Å². The molecule has 1 unspecified atom stereocenters. The highest BCUT2D eigenvalue weighted by molar-refractivity contribution is 5.73. The van der Waals surface area contributed by atoms with Crippen LogP contribution in [0.3, 0.4) is 0 Å². The average Bonchev–Trinajstić information content (AvgIpc) is 2.41. The summed E-state index contributed by atoms with van der Waals surface area (Å²) < 4.78 is 10.4. The van der Waals surface area contributed by atoms with Gasteiger partial charge in [-0.2, -0.15) is 10.5 Å². The molecular weight excluding hydrogens is 268 g/mol. The van der Waals surface area contributed by atoms with Crippen LogP contribution in [0.25, 0.3) is 0 Å². The Morgan fingerprint density at radius 2 is 2.05 bits per heavy atom. The van der Waals surface area contributed by atoms with E-state index in [9.17, 15) is 4.79 Å². The van der Waals surface area contributed by atoms with Crippen LogP contribution >= 0.6 is 0 Å². The number of nitrogens with zero attached hydrogens (tertiary/aromatic N) is 2. The van der Waals surface area contributed by atoms with Gasteiger partial charge in [0.15, 0.2) is 12.7 Å². The zero-order valence-corrected chi connectivity index (χ0v) is 12.4. The molecule has 0 bridgehead atoms. The smallest absolute Gasteiger partial charge is 0.311 e. The number of carbonyl (C=O) groups excluding carboxylic acids is 1. The van der Waals surface area contributed by atoms with Crippen LogP contribution in [-0.2, 0) is 16.0 Å². The van der Waals surface area contributed by atoms with Gasteiger partial charge in [0.2, 0.25) is 0 Å². The van der Waals surface area contributed by atoms with Gasteiger partial charge >= 0.3 is 5.97 Å². The Morgan fingerprint density at radius 1 is 1.33 bits per heavy atom. The Balaban J connectivity index is 2.67. The minimum absolute atomic E-state index is 0.0472. The summed E-state index contributed by atoms with van der Waals surface area (Å²) in [4.78, 5) is 11.9. The predicted octanol–water partition coefficient (Wildman–Crippen LogP) is 2.61. The molecule has 0 fully saturated rings. The molecule has 0 aliphatic heterocycles. The van der Waals surface area contributed by atoms with Gasteiger partial charge in [0.25, 0.3) is 0 Å². The SMILES string of the molecule is CC(C)(C)C(C#N)OC(=O)Cc1cccc(OCC#N)c1. The summed E-state index contributed by atoms with van der Waals surface area (Å²) in [5.41, 5.74) is 0.281. The fourth-order valence-corrected chi connectivity index (χ4v) is 1.60. The molecule has 110 valence electrons. The van der Waals surface area contributed by atoms with E-state index in [1.54, 1.807) is 24.3 Å². The standard InChI is InChI=1S/C16H18N2O3/c1-16(2,3)14(11-18)21-15(19)10-12-5-4-6-13(9-12)20-8-7-17/h4-6,9,14H,8,10H2,1-3H3. The quantitative estimate of drug-likeness (QED) is 0.777. The second-order valence-corrected chi connectivity index (χ2v) is 5.64. The fraction of sp³-hybridized carbons (Fsp3) is 0.438. The van der Waals surface area contributed by atoms with Gasteiger partial charge in [-0.05, 0) is 17.7 Å². The lowest BCUT2D eigenvalue weighted by Crippen LogP contribution is -2.30. The maximum Gasteiger partial charge on any atom is 0.311 e. The van der Waals surface area contributed by atoms with Gasteiger partial charge in [-0.25, -0.2) is 0 Å². The van der Waals surface area contributed by atoms with Crippen LogP contribution < -0.4 is 4.74 Å². The van der Waals surface area contributed by atoms with E-state index in [-0.39, 0.29) is 13.0 Å². The Bertz CT molecular complexity index is 576. The molecule has 5 heteroatoms. The first kappa shape index (κ1) is 16.5. The molecule has 0 aliphatic carbocycles. The van der Waals surface area contributed by atoms with E-state index in [1.807, 2.05) is 32.9 Å². The summed E-state index contributed by atoms with van der Waals surface area (Å²) in [5, 5.41) is 17.5. The molecule has 0 aliphatic rings. The van der Waals surface area contributed by atoms with Crippen LogP contribution in [0.1, 0.15) is 26.3 Å². The summed E-state index contributed by atoms with van der Waals surface area (Å²) in [5.74, 6) is 0.0587. The average molecular weight is 286 g/mol. The van der Waals surface area contributed by atoms with Crippen LogP contribution in [0.5, 0.6) is 5.75 Å². The second-order valence-electron chi connectivity index (χ2n) is 5.64. The van der Waals surface area contributed by atoms with Crippen molar-refractivity contribution in [1.82, 2.24) is 0 Å². The first-order valence-electron chi connectivity index (χ1n) is 6.54. The number of hydrogen-bond donors (Lipinski definition) is 0. The predicted molar refractivity (Wildman–Crippen MR) is 76.2 cm³/mol. The Hall–Kier alpha value is -2.53. The molecule has 0 heterocycles. The second kappa shape index (κ2) is 7.31. The lowest BCUT2D eigenvalue weighted by molar-refractivity contribution is -0.149. The van der Waals surface area contributed by atoms with E-state index >= 15 is 0 Å². The molecule has 1 aromatic carbocycles. The van der Waals surface area contributed by atoms with Crippen molar-refractivity contribution in [2.75, 3.05) is 6.61 Å². The molecule has 1 atom stereocenters. The lowest BCUT2D eigenvalue weighted by Gasteiger charge is -2.24. The molecule has 0 aromatic heterocycles. The highest BCUT2D eigenvalue weighted by Crippen LogP contribution is 2.22. The number of carbonyl (C=O) groups is 1. The summed E-state index contributed by atoms with van der Waals surface area (Å²) in [6, 6.07) is 10.8. The Kier molecular flexibility index (Phi) is 5.75. The molecule has 0 radical (unpaired) electrons. The number of nitriles is 2. The maximum absolute atomic E-state index is 11.9. The zero-order valence-electron chi connectivity index (χ0n) is 12.4. The van der Waals surface area contributed by atoms with Crippen LogP contribution in [0.2, 0.25) is 0 Å². The normalized spacial score (nSPS) is 11.9. The highest BCUT2D eigenvalue weighted by atomic mass is 16.5. The topological polar surface area (TPSA) is 83.1 Å². The molecule has 0 N–H and O–H groups in total. The highest BCUT2D eigenvalue weighted by Gasteiger charge is 2.28. The van der Waals surface area contributed by atoms with Crippen LogP contribution in [0, 0.1) is 28.1 Å². The molecule has 0 saturated carbocycles. The number of rotatable bonds is 5. The fourth-order valence-electron chi connectivity index (χ4n) is 1.60. The molecule has 0 amide bonds. The van der Waals surface area contributed by atoms with E-state index < -0.39 is 17.5 Å². The monoisotopic (exact) mass is 286 g/mol. The van der Waals surface area contributed by atoms with Crippen molar-refractivity contribution in [3.8, 4) is 17.9 Å². The van der Waals surface area contributed by atoms with Crippen molar-refractivity contribution in [2.45, 2.75) is 33.3 Å². The number of hydrogen-bond acceptors (Lipinski definition) is 5. The molecule has 0 spiro atoms. The third kappa shape index (κ3) is 5.54. The summed E-state index contributed by atoms with van der Waals surface area (Å²) in [7, 11) is 0. The van der Waals surface area contributed by atoms with E-state index in [0.717, 1.165) is 0 Å². The summed E-state index contributed by atoms with van der Waals surface area (Å²) in [6.45, 7) is 5.47. The maximum atomic E-state index is 11.9. The lowest BCUT2D eigenvalue weighted by atomic mass is 9.90. The molecule has 5 nitrogen and oxygen atoms in total. The van der Waals surface area contributed by atoms with E-state index in [2.05, 4.69) is 0 Å². The molecule has 0 saturated heterocycles. The summed E-state index contributed by atoms with van der Waals surface area (Å²) in [6.07, 6.45) is -0.735. The minimum atomic E-state index is -0.789. The van der Waals surface area contributed by atoms with E-state index in [4.69, 9.17) is 20.0 Å². The Labute approximate surface area is 124 Å². The first-order valence-corrected chi connectivity index (χ1v) is 6.54. The molecule has 1 rings (SSSR count). The Morgan fingerprint density at radius 3 is 2.62 bits per heavy atom. The van der Waals surface area contributed by atoms with Gasteiger partial charge in [-0.1, -0.05) is 32.9 Å². The largest absolute Gasteiger partial charge is 0.479 e. The molecule has 1 aromatic rings. The molecule has 21 heavy (non-hydrogen) atoms. The van der Waals surface area contributed by atoms with Gasteiger partial charge in [-0.3, -0.25) is 4.79 Å². The van der Waals surface area contributed by atoms with Gasteiger partial charge in [0, 0.05) is 5.41 Å². The van der Waals surface area contributed by atoms with Crippen molar-refractivity contribution >= 4 is 5.97 Å². The van der Waals surface area contributed by atoms with Crippen molar-refractivity contribution < 1.29 is 14.3 Å².